The summed E-state index contributed by atoms with van der Waals surface area (Å²) in [6, 6.07) is 7.21. The molecule has 2 aromatic rings. The summed E-state index contributed by atoms with van der Waals surface area (Å²) in [6.07, 6.45) is 0. The number of nitrogens with one attached hydrogen (secondary N) is 1. The first-order valence-electron chi connectivity index (χ1n) is 5.27. The maximum absolute atomic E-state index is 8.81. The van der Waals surface area contributed by atoms with Gasteiger partial charge in [-0.3, -0.25) is 0 Å². The fourth-order valence-corrected chi connectivity index (χ4v) is 2.15. The molecule has 0 amide bonds. The first-order valence-corrected chi connectivity index (χ1v) is 6.44. The van der Waals surface area contributed by atoms with Gasteiger partial charge in [0.05, 0.1) is 28.7 Å². The van der Waals surface area contributed by atoms with Crippen LogP contribution >= 0.6 is 27.5 Å². The number of aryl methyl sites for hydroxylation is 1. The topological polar surface area (TPSA) is 87.6 Å². The number of nitrogens with two attached hydrogens (primary N) is 1. The molecule has 3 N–H and O–H groups in total. The number of hydrogen-bond donors (Lipinski definition) is 2. The average molecular weight is 339 g/mol. The Morgan fingerprint density at radius 3 is 2.79 bits per heavy atom. The minimum atomic E-state index is 0.124. The van der Waals surface area contributed by atoms with Gasteiger partial charge in [0.1, 0.15) is 0 Å². The second-order valence-corrected chi connectivity index (χ2v) is 4.96. The van der Waals surface area contributed by atoms with Crippen molar-refractivity contribution in [1.29, 1.82) is 5.26 Å². The van der Waals surface area contributed by atoms with Gasteiger partial charge in [0.25, 0.3) is 0 Å². The monoisotopic (exact) mass is 337 g/mol. The number of halogens is 2. The Labute approximate surface area is 123 Å². The average Bonchev–Trinajstić information content (AvgIpc) is 2.37. The molecule has 0 fully saturated rings. The van der Waals surface area contributed by atoms with Crippen LogP contribution < -0.4 is 11.1 Å². The molecule has 0 aliphatic heterocycles. The van der Waals surface area contributed by atoms with Gasteiger partial charge in [0.15, 0.2) is 5.82 Å². The Bertz CT molecular complexity index is 681. The van der Waals surface area contributed by atoms with E-state index in [1.807, 2.05) is 0 Å². The lowest BCUT2D eigenvalue weighted by molar-refractivity contribution is 1.11. The van der Waals surface area contributed by atoms with E-state index in [4.69, 9.17) is 22.6 Å². The van der Waals surface area contributed by atoms with Gasteiger partial charge in [0, 0.05) is 4.47 Å². The van der Waals surface area contributed by atoms with Gasteiger partial charge in [0.2, 0.25) is 5.28 Å². The quantitative estimate of drug-likeness (QED) is 0.819. The van der Waals surface area contributed by atoms with Gasteiger partial charge in [-0.05, 0) is 52.7 Å². The lowest BCUT2D eigenvalue weighted by Gasteiger charge is -2.11. The van der Waals surface area contributed by atoms with Gasteiger partial charge in [-0.25, -0.2) is 4.98 Å². The number of nitrogen functional groups attached to an aromatic ring is 1. The van der Waals surface area contributed by atoms with Crippen LogP contribution in [-0.4, -0.2) is 9.97 Å². The molecule has 0 aliphatic rings. The Balaban J connectivity index is 2.39. The number of benzene rings is 1. The van der Waals surface area contributed by atoms with E-state index < -0.39 is 0 Å². The number of rotatable bonds is 2. The standard InChI is InChI=1S/C12H9BrClN5/c1-6-10(16)11(19-12(14)17-6)18-9-3-2-7(5-15)4-8(9)13/h2-4H,16H2,1H3,(H,17,18,19). The van der Waals surface area contributed by atoms with E-state index in [0.717, 1.165) is 10.2 Å². The molecule has 0 aliphatic carbocycles. The maximum Gasteiger partial charge on any atom is 0.224 e. The van der Waals surface area contributed by atoms with Gasteiger partial charge in [-0.2, -0.15) is 10.2 Å². The molecule has 0 spiro atoms. The molecule has 1 heterocycles. The molecule has 5 nitrogen and oxygen atoms in total. The predicted octanol–water partition coefficient (Wildman–Crippen LogP) is 3.40. The number of anilines is 3. The fourth-order valence-electron chi connectivity index (χ4n) is 1.46. The number of aromatic nitrogens is 2. The summed E-state index contributed by atoms with van der Waals surface area (Å²) in [6.45, 7) is 1.75. The van der Waals surface area contributed by atoms with E-state index in [0.29, 0.717) is 22.8 Å². The maximum atomic E-state index is 8.81. The Morgan fingerprint density at radius 1 is 1.42 bits per heavy atom. The van der Waals surface area contributed by atoms with E-state index in [1.54, 1.807) is 25.1 Å². The van der Waals surface area contributed by atoms with Crippen LogP contribution in [0.2, 0.25) is 5.28 Å². The molecular formula is C12H9BrClN5. The molecule has 0 unspecified atom stereocenters. The van der Waals surface area contributed by atoms with E-state index in [1.165, 1.54) is 0 Å². The second-order valence-electron chi connectivity index (χ2n) is 3.77. The summed E-state index contributed by atoms with van der Waals surface area (Å²) in [7, 11) is 0. The molecule has 2 rings (SSSR count). The molecule has 1 aromatic heterocycles. The SMILES string of the molecule is Cc1nc(Cl)nc(Nc2ccc(C#N)cc2Br)c1N. The van der Waals surface area contributed by atoms with Crippen molar-refractivity contribution >= 4 is 44.7 Å². The molecule has 0 atom stereocenters. The minimum Gasteiger partial charge on any atom is -0.394 e. The number of nitriles is 1. The lowest BCUT2D eigenvalue weighted by atomic mass is 10.2. The first kappa shape index (κ1) is 13.6. The van der Waals surface area contributed by atoms with E-state index >= 15 is 0 Å². The summed E-state index contributed by atoms with van der Waals surface area (Å²) in [4.78, 5) is 8.00. The summed E-state index contributed by atoms with van der Waals surface area (Å²) in [5, 5.41) is 12.0. The normalized spacial score (nSPS) is 10.0. The van der Waals surface area contributed by atoms with Crippen LogP contribution in [0.4, 0.5) is 17.2 Å². The highest BCUT2D eigenvalue weighted by atomic mass is 79.9. The highest BCUT2D eigenvalue weighted by Crippen LogP contribution is 2.29. The van der Waals surface area contributed by atoms with Crippen molar-refractivity contribution in [3.05, 3.63) is 39.2 Å². The predicted molar refractivity (Wildman–Crippen MR) is 78.3 cm³/mol. The summed E-state index contributed by atoms with van der Waals surface area (Å²) in [5.41, 5.74) is 8.22. The largest absolute Gasteiger partial charge is 0.394 e. The van der Waals surface area contributed by atoms with Crippen LogP contribution in [-0.2, 0) is 0 Å². The zero-order chi connectivity index (χ0) is 14.0. The zero-order valence-electron chi connectivity index (χ0n) is 9.91. The molecule has 0 bridgehead atoms. The highest BCUT2D eigenvalue weighted by molar-refractivity contribution is 9.10. The summed E-state index contributed by atoms with van der Waals surface area (Å²) < 4.78 is 0.735. The van der Waals surface area contributed by atoms with Gasteiger partial charge < -0.3 is 11.1 Å². The third-order valence-electron chi connectivity index (χ3n) is 2.46. The molecule has 7 heteroatoms. The number of hydrogen-bond acceptors (Lipinski definition) is 5. The van der Waals surface area contributed by atoms with Crippen molar-refractivity contribution in [3.8, 4) is 6.07 Å². The second kappa shape index (κ2) is 5.43. The lowest BCUT2D eigenvalue weighted by Crippen LogP contribution is -2.04. The van der Waals surface area contributed by atoms with Crippen LogP contribution in [0.1, 0.15) is 11.3 Å². The Hall–Kier alpha value is -1.84. The van der Waals surface area contributed by atoms with Gasteiger partial charge >= 0.3 is 0 Å². The summed E-state index contributed by atoms with van der Waals surface area (Å²) in [5.74, 6) is 0.433. The third kappa shape index (κ3) is 2.95. The Morgan fingerprint density at radius 2 is 2.16 bits per heavy atom. The summed E-state index contributed by atoms with van der Waals surface area (Å²) >= 11 is 9.18. The zero-order valence-corrected chi connectivity index (χ0v) is 12.2. The number of nitrogens with zero attached hydrogens (tertiary/aromatic N) is 3. The smallest absolute Gasteiger partial charge is 0.224 e. The van der Waals surface area contributed by atoms with Crippen LogP contribution in [0.15, 0.2) is 22.7 Å². The van der Waals surface area contributed by atoms with Crippen LogP contribution in [0.25, 0.3) is 0 Å². The third-order valence-corrected chi connectivity index (χ3v) is 3.29. The van der Waals surface area contributed by atoms with Crippen molar-refractivity contribution in [2.45, 2.75) is 6.92 Å². The van der Waals surface area contributed by atoms with Crippen LogP contribution in [0.3, 0.4) is 0 Å². The molecule has 96 valence electrons. The van der Waals surface area contributed by atoms with Gasteiger partial charge in [-0.1, -0.05) is 0 Å². The highest BCUT2D eigenvalue weighted by Gasteiger charge is 2.10. The fraction of sp³-hybridized carbons (Fsp3) is 0.0833. The van der Waals surface area contributed by atoms with Crippen molar-refractivity contribution in [1.82, 2.24) is 9.97 Å². The van der Waals surface area contributed by atoms with E-state index in [2.05, 4.69) is 37.3 Å². The van der Waals surface area contributed by atoms with Crippen molar-refractivity contribution in [2.24, 2.45) is 0 Å². The molecule has 0 saturated heterocycles. The van der Waals surface area contributed by atoms with Crippen LogP contribution in [0, 0.1) is 18.3 Å². The molecule has 0 radical (unpaired) electrons. The minimum absolute atomic E-state index is 0.124. The van der Waals surface area contributed by atoms with Crippen LogP contribution in [0.5, 0.6) is 0 Å². The van der Waals surface area contributed by atoms with Gasteiger partial charge in [-0.15, -0.1) is 0 Å². The first-order chi connectivity index (χ1) is 9.01. The van der Waals surface area contributed by atoms with Crippen molar-refractivity contribution in [2.75, 3.05) is 11.1 Å². The van der Waals surface area contributed by atoms with Crippen molar-refractivity contribution < 1.29 is 0 Å². The molecule has 19 heavy (non-hydrogen) atoms. The van der Waals surface area contributed by atoms with Crippen molar-refractivity contribution in [3.63, 3.8) is 0 Å². The molecule has 1 aromatic carbocycles. The Kier molecular flexibility index (Phi) is 3.88. The van der Waals surface area contributed by atoms with E-state index in [9.17, 15) is 0 Å². The molecule has 0 saturated carbocycles. The van der Waals surface area contributed by atoms with E-state index in [-0.39, 0.29) is 5.28 Å². The molecular weight excluding hydrogens is 330 g/mol.